The van der Waals surface area contributed by atoms with Crippen LogP contribution in [0.2, 0.25) is 0 Å². The predicted octanol–water partition coefficient (Wildman–Crippen LogP) is 7.54. The Labute approximate surface area is 225 Å². The van der Waals surface area contributed by atoms with Crippen LogP contribution in [0.15, 0.2) is 48.0 Å². The largest absolute Gasteiger partial charge is 0.496 e. The van der Waals surface area contributed by atoms with Gasteiger partial charge in [0.1, 0.15) is 5.75 Å². The van der Waals surface area contributed by atoms with Crippen LogP contribution in [0.1, 0.15) is 86.8 Å². The van der Waals surface area contributed by atoms with E-state index in [9.17, 15) is 4.79 Å². The summed E-state index contributed by atoms with van der Waals surface area (Å²) < 4.78 is 5.51. The number of nitrogens with zero attached hydrogens (tertiary/aromatic N) is 2. The van der Waals surface area contributed by atoms with E-state index in [1.54, 1.807) is 12.7 Å². The van der Waals surface area contributed by atoms with Crippen molar-refractivity contribution in [3.63, 3.8) is 0 Å². The zero-order chi connectivity index (χ0) is 26.9. The molecular weight excluding hydrogens is 456 g/mol. The highest BCUT2D eigenvalue weighted by molar-refractivity contribution is 5.97. The number of hydrogen-bond acceptors (Lipinski definition) is 3. The lowest BCUT2D eigenvalue weighted by Gasteiger charge is -2.41. The Kier molecular flexibility index (Phi) is 10.8. The molecule has 2 aromatic carbocycles. The first-order chi connectivity index (χ1) is 17.7. The lowest BCUT2D eigenvalue weighted by molar-refractivity contribution is 0.0605. The van der Waals surface area contributed by atoms with Crippen molar-refractivity contribution >= 4 is 11.5 Å². The van der Waals surface area contributed by atoms with Gasteiger partial charge in [0.2, 0.25) is 0 Å². The molecule has 202 valence electrons. The molecule has 0 radical (unpaired) electrons. The van der Waals surface area contributed by atoms with Crippen LogP contribution in [0.5, 0.6) is 5.75 Å². The SMILES string of the molecule is CCC(C)C.COc1c(C)cccc1C(=O)N1CCC(N2CCC(=C(C)c3ccc(C)cc3)CC2)CC1. The Balaban J connectivity index is 0.000000695. The maximum atomic E-state index is 13.1. The molecule has 0 aromatic heterocycles. The number of hydrogen-bond donors (Lipinski definition) is 0. The summed E-state index contributed by atoms with van der Waals surface area (Å²) in [4.78, 5) is 17.8. The topological polar surface area (TPSA) is 32.8 Å². The van der Waals surface area contributed by atoms with Crippen molar-refractivity contribution in [2.45, 2.75) is 79.7 Å². The Hall–Kier alpha value is -2.59. The fraction of sp³-hybridized carbons (Fsp3) is 0.545. The van der Waals surface area contributed by atoms with Gasteiger partial charge in [-0.15, -0.1) is 0 Å². The first-order valence-electron chi connectivity index (χ1n) is 14.2. The number of rotatable bonds is 5. The molecule has 2 aliphatic rings. The molecule has 2 saturated heterocycles. The Morgan fingerprint density at radius 2 is 1.57 bits per heavy atom. The first-order valence-corrected chi connectivity index (χ1v) is 14.2. The molecule has 0 atom stereocenters. The van der Waals surface area contributed by atoms with Crippen molar-refractivity contribution in [2.24, 2.45) is 5.92 Å². The second kappa shape index (κ2) is 13.8. The fourth-order valence-corrected chi connectivity index (χ4v) is 5.24. The maximum absolute atomic E-state index is 13.1. The molecule has 2 aromatic rings. The van der Waals surface area contributed by atoms with E-state index in [-0.39, 0.29) is 5.91 Å². The molecule has 2 aliphatic heterocycles. The van der Waals surface area contributed by atoms with Crippen LogP contribution in [0.4, 0.5) is 0 Å². The molecule has 0 aliphatic carbocycles. The molecule has 37 heavy (non-hydrogen) atoms. The van der Waals surface area contributed by atoms with Gasteiger partial charge >= 0.3 is 0 Å². The van der Waals surface area contributed by atoms with Crippen molar-refractivity contribution in [2.75, 3.05) is 33.3 Å². The minimum absolute atomic E-state index is 0.0987. The van der Waals surface area contributed by atoms with Gasteiger partial charge in [0.25, 0.3) is 5.91 Å². The lowest BCUT2D eigenvalue weighted by atomic mass is 9.92. The highest BCUT2D eigenvalue weighted by atomic mass is 16.5. The van der Waals surface area contributed by atoms with Gasteiger partial charge < -0.3 is 9.64 Å². The van der Waals surface area contributed by atoms with Crippen LogP contribution in [0.25, 0.3) is 5.57 Å². The monoisotopic (exact) mass is 504 g/mol. The van der Waals surface area contributed by atoms with E-state index in [0.717, 1.165) is 63.3 Å². The number of amides is 1. The Bertz CT molecular complexity index is 1040. The molecule has 0 spiro atoms. The molecule has 0 unspecified atom stereocenters. The van der Waals surface area contributed by atoms with Crippen molar-refractivity contribution in [1.82, 2.24) is 9.80 Å². The zero-order valence-corrected chi connectivity index (χ0v) is 24.3. The summed E-state index contributed by atoms with van der Waals surface area (Å²) in [7, 11) is 1.64. The van der Waals surface area contributed by atoms with Gasteiger partial charge in [-0.1, -0.05) is 74.7 Å². The summed E-state index contributed by atoms with van der Waals surface area (Å²) in [6.07, 6.45) is 5.71. The number of methoxy groups -OCH3 is 1. The molecule has 2 fully saturated rings. The number of aryl methyl sites for hydroxylation is 2. The van der Waals surface area contributed by atoms with Gasteiger partial charge in [-0.3, -0.25) is 9.69 Å². The summed E-state index contributed by atoms with van der Waals surface area (Å²) in [6, 6.07) is 15.3. The second-order valence-corrected chi connectivity index (χ2v) is 11.1. The zero-order valence-electron chi connectivity index (χ0n) is 24.3. The van der Waals surface area contributed by atoms with Gasteiger partial charge in [0.05, 0.1) is 12.7 Å². The first kappa shape index (κ1) is 29.0. The van der Waals surface area contributed by atoms with Crippen molar-refractivity contribution < 1.29 is 9.53 Å². The van der Waals surface area contributed by atoms with E-state index in [0.29, 0.717) is 17.4 Å². The number of piperidine rings is 2. The number of carbonyl (C=O) groups excluding carboxylic acids is 1. The number of para-hydroxylation sites is 1. The maximum Gasteiger partial charge on any atom is 0.257 e. The van der Waals surface area contributed by atoms with E-state index in [1.165, 1.54) is 23.1 Å². The van der Waals surface area contributed by atoms with Gasteiger partial charge in [0, 0.05) is 32.2 Å². The summed E-state index contributed by atoms with van der Waals surface area (Å²) >= 11 is 0. The van der Waals surface area contributed by atoms with E-state index in [1.807, 2.05) is 30.0 Å². The molecule has 4 rings (SSSR count). The van der Waals surface area contributed by atoms with E-state index in [2.05, 4.69) is 63.8 Å². The summed E-state index contributed by atoms with van der Waals surface area (Å²) in [5.74, 6) is 1.69. The van der Waals surface area contributed by atoms with Gasteiger partial charge in [-0.2, -0.15) is 0 Å². The summed E-state index contributed by atoms with van der Waals surface area (Å²) in [6.45, 7) is 16.9. The van der Waals surface area contributed by atoms with Crippen LogP contribution >= 0.6 is 0 Å². The van der Waals surface area contributed by atoms with Crippen LogP contribution in [0.3, 0.4) is 0 Å². The smallest absolute Gasteiger partial charge is 0.257 e. The van der Waals surface area contributed by atoms with Crippen molar-refractivity contribution in [3.05, 3.63) is 70.3 Å². The number of benzene rings is 2. The third kappa shape index (κ3) is 7.70. The third-order valence-electron chi connectivity index (χ3n) is 8.15. The third-order valence-corrected chi connectivity index (χ3v) is 8.15. The van der Waals surface area contributed by atoms with Crippen LogP contribution < -0.4 is 4.74 Å². The van der Waals surface area contributed by atoms with Crippen LogP contribution in [0, 0.1) is 19.8 Å². The molecule has 0 bridgehead atoms. The normalized spacial score (nSPS) is 16.9. The minimum Gasteiger partial charge on any atom is -0.496 e. The van der Waals surface area contributed by atoms with Gasteiger partial charge in [-0.25, -0.2) is 0 Å². The second-order valence-electron chi connectivity index (χ2n) is 11.1. The van der Waals surface area contributed by atoms with E-state index < -0.39 is 0 Å². The van der Waals surface area contributed by atoms with Crippen LogP contribution in [-0.4, -0.2) is 55.0 Å². The minimum atomic E-state index is 0.0987. The van der Waals surface area contributed by atoms with E-state index in [4.69, 9.17) is 4.74 Å². The quantitative estimate of drug-likeness (QED) is 0.422. The number of likely N-dealkylation sites (tertiary alicyclic amines) is 2. The average molecular weight is 505 g/mol. The lowest BCUT2D eigenvalue weighted by Crippen LogP contribution is -2.48. The molecule has 4 heteroatoms. The summed E-state index contributed by atoms with van der Waals surface area (Å²) in [5.41, 5.74) is 7.42. The molecule has 1 amide bonds. The number of allylic oxidation sites excluding steroid dienone is 1. The predicted molar refractivity (Wildman–Crippen MR) is 156 cm³/mol. The van der Waals surface area contributed by atoms with Crippen molar-refractivity contribution in [3.8, 4) is 5.75 Å². The summed E-state index contributed by atoms with van der Waals surface area (Å²) in [5, 5.41) is 0. The fourth-order valence-electron chi connectivity index (χ4n) is 5.24. The molecular formula is C33H48N2O2. The molecule has 2 heterocycles. The molecule has 0 N–H and O–H groups in total. The molecule has 0 saturated carbocycles. The van der Waals surface area contributed by atoms with Gasteiger partial charge in [0.15, 0.2) is 0 Å². The highest BCUT2D eigenvalue weighted by Crippen LogP contribution is 2.30. The van der Waals surface area contributed by atoms with E-state index >= 15 is 0 Å². The Morgan fingerprint density at radius 1 is 0.973 bits per heavy atom. The van der Waals surface area contributed by atoms with Crippen LogP contribution in [-0.2, 0) is 0 Å². The van der Waals surface area contributed by atoms with Gasteiger partial charge in [-0.05, 0) is 75.1 Å². The number of ether oxygens (including phenoxy) is 1. The highest BCUT2D eigenvalue weighted by Gasteiger charge is 2.30. The molecule has 4 nitrogen and oxygen atoms in total. The Morgan fingerprint density at radius 3 is 2.11 bits per heavy atom. The standard InChI is InChI=1S/C28H36N2O2.C5H12/c1-20-8-10-23(11-9-20)22(3)24-12-16-29(17-13-24)25-14-18-30(19-15-25)28(31)26-7-5-6-21(2)27(26)32-4;1-4-5(2)3/h5-11,25H,12-19H2,1-4H3;5H,4H2,1-3H3. The average Bonchev–Trinajstić information content (AvgIpc) is 2.93. The van der Waals surface area contributed by atoms with Crippen molar-refractivity contribution in [1.29, 1.82) is 0 Å². The number of carbonyl (C=O) groups is 1.